The van der Waals surface area contributed by atoms with Crippen LogP contribution in [0.25, 0.3) is 0 Å². The van der Waals surface area contributed by atoms with E-state index in [0.29, 0.717) is 0 Å². The molecule has 0 bridgehead atoms. The van der Waals surface area contributed by atoms with Gasteiger partial charge >= 0.3 is 0 Å². The van der Waals surface area contributed by atoms with Gasteiger partial charge in [0.2, 0.25) is 0 Å². The van der Waals surface area contributed by atoms with Crippen molar-refractivity contribution in [1.29, 1.82) is 0 Å². The highest BCUT2D eigenvalue weighted by Crippen LogP contribution is 2.32. The van der Waals surface area contributed by atoms with Crippen molar-refractivity contribution in [2.24, 2.45) is 17.6 Å². The lowest BCUT2D eigenvalue weighted by molar-refractivity contribution is 0.153. The minimum absolute atomic E-state index is 0.816. The molecule has 11 heavy (non-hydrogen) atoms. The van der Waals surface area contributed by atoms with Crippen LogP contribution in [0.2, 0.25) is 0 Å². The Labute approximate surface area is 69.1 Å². The van der Waals surface area contributed by atoms with Crippen molar-refractivity contribution in [2.45, 2.75) is 25.7 Å². The van der Waals surface area contributed by atoms with Gasteiger partial charge in [0.1, 0.15) is 0 Å². The molecule has 0 saturated heterocycles. The summed E-state index contributed by atoms with van der Waals surface area (Å²) in [6, 6.07) is 0. The molecule has 1 aliphatic rings. The summed E-state index contributed by atoms with van der Waals surface area (Å²) in [6.07, 6.45) is 5.26. The van der Waals surface area contributed by atoms with Crippen LogP contribution in [0.15, 0.2) is 0 Å². The Hall–Kier alpha value is -0.0800. The highest BCUT2D eigenvalue weighted by molar-refractivity contribution is 4.75. The van der Waals surface area contributed by atoms with Crippen molar-refractivity contribution < 1.29 is 4.74 Å². The highest BCUT2D eigenvalue weighted by atomic mass is 16.5. The predicted octanol–water partition coefficient (Wildman–Crippen LogP) is 1.40. The summed E-state index contributed by atoms with van der Waals surface area (Å²) >= 11 is 0. The Bertz CT molecular complexity index is 93.7. The van der Waals surface area contributed by atoms with E-state index in [0.717, 1.165) is 25.0 Å². The summed E-state index contributed by atoms with van der Waals surface area (Å²) in [5.74, 6) is 1.71. The molecular weight excluding hydrogens is 138 g/mol. The van der Waals surface area contributed by atoms with Crippen LogP contribution in [0.5, 0.6) is 0 Å². The van der Waals surface area contributed by atoms with Crippen molar-refractivity contribution in [3.63, 3.8) is 0 Å². The number of methoxy groups -OCH3 is 1. The molecule has 1 aliphatic carbocycles. The quantitative estimate of drug-likeness (QED) is 0.669. The van der Waals surface area contributed by atoms with Gasteiger partial charge in [0.05, 0.1) is 0 Å². The second-order valence-corrected chi connectivity index (χ2v) is 3.58. The number of hydrogen-bond donors (Lipinski definition) is 1. The molecule has 2 atom stereocenters. The molecule has 0 aliphatic heterocycles. The van der Waals surface area contributed by atoms with Gasteiger partial charge < -0.3 is 10.5 Å². The summed E-state index contributed by atoms with van der Waals surface area (Å²) in [4.78, 5) is 0. The molecule has 2 unspecified atom stereocenters. The smallest absolute Gasteiger partial charge is 0.0490 e. The van der Waals surface area contributed by atoms with E-state index in [1.54, 1.807) is 7.11 Å². The molecule has 0 aromatic heterocycles. The Morgan fingerprint density at radius 3 is 2.73 bits per heavy atom. The molecular formula is C9H19NO. The standard InChI is InChI=1S/C9H19NO/c1-11-7-9-3-2-8(6-9)4-5-10/h8-9H,2-7,10H2,1H3. The van der Waals surface area contributed by atoms with Crippen LogP contribution < -0.4 is 5.73 Å². The van der Waals surface area contributed by atoms with Crippen LogP contribution in [0.4, 0.5) is 0 Å². The van der Waals surface area contributed by atoms with Gasteiger partial charge in [-0.1, -0.05) is 6.42 Å². The van der Waals surface area contributed by atoms with Gasteiger partial charge in [-0.3, -0.25) is 0 Å². The molecule has 2 nitrogen and oxygen atoms in total. The first kappa shape index (κ1) is 9.01. The van der Waals surface area contributed by atoms with Crippen LogP contribution in [0, 0.1) is 11.8 Å². The molecule has 1 fully saturated rings. The van der Waals surface area contributed by atoms with Crippen LogP contribution in [0.1, 0.15) is 25.7 Å². The highest BCUT2D eigenvalue weighted by Gasteiger charge is 2.23. The average molecular weight is 157 g/mol. The topological polar surface area (TPSA) is 35.2 Å². The Balaban J connectivity index is 2.12. The molecule has 66 valence electrons. The van der Waals surface area contributed by atoms with Crippen LogP contribution in [-0.2, 0) is 4.74 Å². The second kappa shape index (κ2) is 4.73. The Morgan fingerprint density at radius 2 is 2.09 bits per heavy atom. The van der Waals surface area contributed by atoms with Gasteiger partial charge in [0, 0.05) is 13.7 Å². The number of nitrogens with two attached hydrogens (primary N) is 1. The molecule has 1 rings (SSSR count). The van der Waals surface area contributed by atoms with Gasteiger partial charge in [-0.2, -0.15) is 0 Å². The van der Waals surface area contributed by atoms with Gasteiger partial charge in [0.25, 0.3) is 0 Å². The molecule has 2 heteroatoms. The minimum atomic E-state index is 0.816. The molecule has 0 aromatic carbocycles. The SMILES string of the molecule is COCC1CCC(CCN)C1. The lowest BCUT2D eigenvalue weighted by atomic mass is 10.0. The average Bonchev–Trinajstić information content (AvgIpc) is 2.38. The first-order valence-electron chi connectivity index (χ1n) is 4.55. The van der Waals surface area contributed by atoms with E-state index in [2.05, 4.69) is 0 Å². The van der Waals surface area contributed by atoms with Crippen LogP contribution in [0.3, 0.4) is 0 Å². The van der Waals surface area contributed by atoms with Crippen LogP contribution >= 0.6 is 0 Å². The third-order valence-corrected chi connectivity index (χ3v) is 2.63. The molecule has 0 radical (unpaired) electrons. The Morgan fingerprint density at radius 1 is 1.36 bits per heavy atom. The van der Waals surface area contributed by atoms with Gasteiger partial charge in [-0.05, 0) is 37.6 Å². The van der Waals surface area contributed by atoms with E-state index in [-0.39, 0.29) is 0 Å². The number of ether oxygens (including phenoxy) is 1. The molecule has 1 saturated carbocycles. The van der Waals surface area contributed by atoms with Crippen molar-refractivity contribution in [3.8, 4) is 0 Å². The van der Waals surface area contributed by atoms with Crippen molar-refractivity contribution in [1.82, 2.24) is 0 Å². The fourth-order valence-electron chi connectivity index (χ4n) is 2.06. The first-order valence-corrected chi connectivity index (χ1v) is 4.55. The fourth-order valence-corrected chi connectivity index (χ4v) is 2.06. The third-order valence-electron chi connectivity index (χ3n) is 2.63. The minimum Gasteiger partial charge on any atom is -0.384 e. The zero-order valence-corrected chi connectivity index (χ0v) is 7.38. The molecule has 0 amide bonds. The van der Waals surface area contributed by atoms with Crippen molar-refractivity contribution in [2.75, 3.05) is 20.3 Å². The summed E-state index contributed by atoms with van der Waals surface area (Å²) < 4.78 is 5.12. The fraction of sp³-hybridized carbons (Fsp3) is 1.00. The lowest BCUT2D eigenvalue weighted by Gasteiger charge is -2.08. The monoisotopic (exact) mass is 157 g/mol. The summed E-state index contributed by atoms with van der Waals surface area (Å²) in [5.41, 5.74) is 5.50. The maximum absolute atomic E-state index is 5.50. The van der Waals surface area contributed by atoms with E-state index in [9.17, 15) is 0 Å². The van der Waals surface area contributed by atoms with Gasteiger partial charge in [0.15, 0.2) is 0 Å². The van der Waals surface area contributed by atoms with Crippen molar-refractivity contribution in [3.05, 3.63) is 0 Å². The van der Waals surface area contributed by atoms with E-state index >= 15 is 0 Å². The largest absolute Gasteiger partial charge is 0.384 e. The number of rotatable bonds is 4. The normalized spacial score (nSPS) is 31.1. The maximum atomic E-state index is 5.50. The lowest BCUT2D eigenvalue weighted by Crippen LogP contribution is -2.07. The molecule has 0 heterocycles. The molecule has 0 spiro atoms. The summed E-state index contributed by atoms with van der Waals surface area (Å²) in [5, 5.41) is 0. The summed E-state index contributed by atoms with van der Waals surface area (Å²) in [6.45, 7) is 1.80. The Kier molecular flexibility index (Phi) is 3.87. The van der Waals surface area contributed by atoms with Gasteiger partial charge in [-0.25, -0.2) is 0 Å². The first-order chi connectivity index (χ1) is 5.36. The molecule has 0 aromatic rings. The second-order valence-electron chi connectivity index (χ2n) is 3.58. The van der Waals surface area contributed by atoms with E-state index in [4.69, 9.17) is 10.5 Å². The van der Waals surface area contributed by atoms with Crippen LogP contribution in [-0.4, -0.2) is 20.3 Å². The summed E-state index contributed by atoms with van der Waals surface area (Å²) in [7, 11) is 1.79. The third kappa shape index (κ3) is 2.80. The van der Waals surface area contributed by atoms with E-state index in [1.807, 2.05) is 0 Å². The zero-order valence-electron chi connectivity index (χ0n) is 7.38. The maximum Gasteiger partial charge on any atom is 0.0490 e. The number of hydrogen-bond acceptors (Lipinski definition) is 2. The zero-order chi connectivity index (χ0) is 8.10. The van der Waals surface area contributed by atoms with Crippen molar-refractivity contribution >= 4 is 0 Å². The van der Waals surface area contributed by atoms with E-state index in [1.165, 1.54) is 25.7 Å². The molecule has 2 N–H and O–H groups in total. The predicted molar refractivity (Wildman–Crippen MR) is 46.4 cm³/mol. The van der Waals surface area contributed by atoms with E-state index < -0.39 is 0 Å². The van der Waals surface area contributed by atoms with Gasteiger partial charge in [-0.15, -0.1) is 0 Å².